The maximum absolute atomic E-state index is 11.2. The number of hydrogen-bond donors (Lipinski definition) is 5. The third kappa shape index (κ3) is 4.60. The number of urea groups is 1. The predicted molar refractivity (Wildman–Crippen MR) is 53.7 cm³/mol. The van der Waals surface area contributed by atoms with Gasteiger partial charge >= 0.3 is 12.0 Å². The average molecular weight is 233 g/mol. The van der Waals surface area contributed by atoms with E-state index in [4.69, 9.17) is 10.2 Å². The second kappa shape index (κ2) is 6.62. The number of amides is 3. The minimum absolute atomic E-state index is 0.411. The maximum Gasteiger partial charge on any atom is 0.328 e. The number of carbonyl (C=O) groups excluding carboxylic acids is 2. The second-order valence-electron chi connectivity index (χ2n) is 3.03. The highest BCUT2D eigenvalue weighted by molar-refractivity contribution is 5.88. The van der Waals surface area contributed by atoms with Crippen molar-refractivity contribution in [2.75, 3.05) is 13.7 Å². The fourth-order valence-corrected chi connectivity index (χ4v) is 0.864. The molecule has 0 saturated heterocycles. The summed E-state index contributed by atoms with van der Waals surface area (Å²) in [6, 6.07) is -3.02. The minimum Gasteiger partial charge on any atom is -0.480 e. The summed E-state index contributed by atoms with van der Waals surface area (Å²) in [5.41, 5.74) is 0. The van der Waals surface area contributed by atoms with Crippen molar-refractivity contribution >= 4 is 17.9 Å². The molecule has 0 aromatic carbocycles. The summed E-state index contributed by atoms with van der Waals surface area (Å²) in [4.78, 5) is 32.6. The third-order valence-corrected chi connectivity index (χ3v) is 1.77. The summed E-state index contributed by atoms with van der Waals surface area (Å²) in [5, 5.41) is 23.7. The first-order chi connectivity index (χ1) is 7.42. The Hall–Kier alpha value is -1.83. The minimum atomic E-state index is -1.39. The zero-order chi connectivity index (χ0) is 12.7. The molecular formula is C8H15N3O5. The molecule has 0 aromatic rings. The average Bonchev–Trinajstić information content (AvgIpc) is 2.23. The van der Waals surface area contributed by atoms with Gasteiger partial charge in [-0.3, -0.25) is 4.79 Å². The molecule has 0 spiro atoms. The van der Waals surface area contributed by atoms with Crippen molar-refractivity contribution in [2.45, 2.75) is 19.0 Å². The highest BCUT2D eigenvalue weighted by Crippen LogP contribution is 1.85. The molecule has 0 bridgehead atoms. The van der Waals surface area contributed by atoms with Crippen molar-refractivity contribution < 1.29 is 24.6 Å². The number of rotatable bonds is 5. The number of likely N-dealkylation sites (N-methyl/N-ethyl adjacent to an activating group) is 1. The molecule has 16 heavy (non-hydrogen) atoms. The summed E-state index contributed by atoms with van der Waals surface area (Å²) < 4.78 is 0. The predicted octanol–water partition coefficient (Wildman–Crippen LogP) is -2.13. The van der Waals surface area contributed by atoms with Gasteiger partial charge in [-0.1, -0.05) is 0 Å². The Labute approximate surface area is 92.0 Å². The van der Waals surface area contributed by atoms with Gasteiger partial charge in [0.05, 0.1) is 6.61 Å². The summed E-state index contributed by atoms with van der Waals surface area (Å²) in [5.74, 6) is -1.77. The fourth-order valence-electron chi connectivity index (χ4n) is 0.864. The molecule has 1 unspecified atom stereocenters. The molecule has 8 nitrogen and oxygen atoms in total. The number of hydrogen-bond acceptors (Lipinski definition) is 4. The van der Waals surface area contributed by atoms with Crippen LogP contribution in [0.5, 0.6) is 0 Å². The normalized spacial score (nSPS) is 13.4. The SMILES string of the molecule is CNC(=O)C(C)NC(=O)N[C@H](CO)C(=O)O. The summed E-state index contributed by atoms with van der Waals surface area (Å²) >= 11 is 0. The number of aliphatic hydroxyl groups is 1. The van der Waals surface area contributed by atoms with E-state index in [2.05, 4.69) is 10.6 Å². The Morgan fingerprint density at radius 1 is 1.25 bits per heavy atom. The number of aliphatic hydroxyl groups excluding tert-OH is 1. The fraction of sp³-hybridized carbons (Fsp3) is 0.625. The molecule has 8 heteroatoms. The van der Waals surface area contributed by atoms with Crippen molar-refractivity contribution in [1.29, 1.82) is 0 Å². The summed E-state index contributed by atoms with van der Waals surface area (Å²) in [7, 11) is 1.41. The molecular weight excluding hydrogens is 218 g/mol. The van der Waals surface area contributed by atoms with E-state index >= 15 is 0 Å². The Kier molecular flexibility index (Phi) is 5.86. The molecule has 5 N–H and O–H groups in total. The Bertz CT molecular complexity index is 281. The molecule has 0 aliphatic carbocycles. The van der Waals surface area contributed by atoms with Gasteiger partial charge in [0.25, 0.3) is 0 Å². The van der Waals surface area contributed by atoms with E-state index in [1.165, 1.54) is 14.0 Å². The van der Waals surface area contributed by atoms with Crippen molar-refractivity contribution in [3.8, 4) is 0 Å². The number of carbonyl (C=O) groups is 3. The largest absolute Gasteiger partial charge is 0.480 e. The maximum atomic E-state index is 11.2. The van der Waals surface area contributed by atoms with Crippen molar-refractivity contribution in [3.05, 3.63) is 0 Å². The molecule has 2 atom stereocenters. The number of carboxylic acid groups (broad SMARTS) is 1. The molecule has 0 aliphatic rings. The van der Waals surface area contributed by atoms with Crippen molar-refractivity contribution in [3.63, 3.8) is 0 Å². The van der Waals surface area contributed by atoms with Gasteiger partial charge in [-0.25, -0.2) is 9.59 Å². The molecule has 0 aromatic heterocycles. The third-order valence-electron chi connectivity index (χ3n) is 1.77. The van der Waals surface area contributed by atoms with E-state index in [0.717, 1.165) is 0 Å². The highest BCUT2D eigenvalue weighted by Gasteiger charge is 2.20. The van der Waals surface area contributed by atoms with Gasteiger partial charge in [0.2, 0.25) is 5.91 Å². The Morgan fingerprint density at radius 2 is 1.81 bits per heavy atom. The van der Waals surface area contributed by atoms with Crippen LogP contribution < -0.4 is 16.0 Å². The van der Waals surface area contributed by atoms with Gasteiger partial charge in [-0.2, -0.15) is 0 Å². The quantitative estimate of drug-likeness (QED) is 0.370. The number of aliphatic carboxylic acids is 1. The van der Waals surface area contributed by atoms with Gasteiger partial charge in [0.15, 0.2) is 6.04 Å². The number of carboxylic acids is 1. The monoisotopic (exact) mass is 233 g/mol. The van der Waals surface area contributed by atoms with Crippen LogP contribution in [0, 0.1) is 0 Å². The van der Waals surface area contributed by atoms with E-state index in [1.54, 1.807) is 0 Å². The van der Waals surface area contributed by atoms with E-state index in [9.17, 15) is 14.4 Å². The molecule has 92 valence electrons. The first kappa shape index (κ1) is 14.2. The van der Waals surface area contributed by atoms with Gasteiger partial charge in [0, 0.05) is 7.05 Å². The first-order valence-electron chi connectivity index (χ1n) is 4.54. The van der Waals surface area contributed by atoms with Crippen molar-refractivity contribution in [1.82, 2.24) is 16.0 Å². The lowest BCUT2D eigenvalue weighted by Crippen LogP contribution is -2.52. The van der Waals surface area contributed by atoms with Crippen LogP contribution >= 0.6 is 0 Å². The lowest BCUT2D eigenvalue weighted by Gasteiger charge is -2.15. The first-order valence-corrected chi connectivity index (χ1v) is 4.54. The van der Waals surface area contributed by atoms with Crippen LogP contribution in [0.15, 0.2) is 0 Å². The van der Waals surface area contributed by atoms with Crippen LogP contribution in [0.1, 0.15) is 6.92 Å². The zero-order valence-electron chi connectivity index (χ0n) is 8.98. The van der Waals surface area contributed by atoms with Crippen LogP contribution in [0.25, 0.3) is 0 Å². The van der Waals surface area contributed by atoms with Gasteiger partial charge in [-0.15, -0.1) is 0 Å². The molecule has 3 amide bonds. The molecule has 0 fully saturated rings. The summed E-state index contributed by atoms with van der Waals surface area (Å²) in [6.07, 6.45) is 0. The zero-order valence-corrected chi connectivity index (χ0v) is 8.98. The van der Waals surface area contributed by atoms with Crippen LogP contribution in [0.3, 0.4) is 0 Å². The van der Waals surface area contributed by atoms with Crippen LogP contribution in [0.4, 0.5) is 4.79 Å². The topological polar surface area (TPSA) is 128 Å². The van der Waals surface area contributed by atoms with Crippen LogP contribution in [-0.2, 0) is 9.59 Å². The van der Waals surface area contributed by atoms with Crippen molar-refractivity contribution in [2.24, 2.45) is 0 Å². The summed E-state index contributed by atoms with van der Waals surface area (Å²) in [6.45, 7) is 0.713. The van der Waals surface area contributed by atoms with Gasteiger partial charge in [-0.05, 0) is 6.92 Å². The van der Waals surface area contributed by atoms with E-state index < -0.39 is 36.6 Å². The standard InChI is InChI=1S/C8H15N3O5/c1-4(6(13)9-2)10-8(16)11-5(3-12)7(14)15/h4-5,12H,3H2,1-2H3,(H,9,13)(H,14,15)(H2,10,11,16)/t4?,5-/m1/s1. The highest BCUT2D eigenvalue weighted by atomic mass is 16.4. The Morgan fingerprint density at radius 3 is 2.19 bits per heavy atom. The van der Waals surface area contributed by atoms with E-state index in [1.807, 2.05) is 5.32 Å². The number of nitrogens with one attached hydrogen (secondary N) is 3. The van der Waals surface area contributed by atoms with Gasteiger partial charge < -0.3 is 26.2 Å². The molecule has 0 aliphatic heterocycles. The second-order valence-corrected chi connectivity index (χ2v) is 3.03. The van der Waals surface area contributed by atoms with Crippen LogP contribution in [-0.4, -0.2) is 53.9 Å². The molecule has 0 radical (unpaired) electrons. The van der Waals surface area contributed by atoms with E-state index in [0.29, 0.717) is 0 Å². The lowest BCUT2D eigenvalue weighted by atomic mass is 10.3. The smallest absolute Gasteiger partial charge is 0.328 e. The van der Waals surface area contributed by atoms with Gasteiger partial charge in [0.1, 0.15) is 6.04 Å². The van der Waals surface area contributed by atoms with Crippen LogP contribution in [0.2, 0.25) is 0 Å². The Balaban J connectivity index is 4.17. The van der Waals surface area contributed by atoms with E-state index in [-0.39, 0.29) is 0 Å². The molecule has 0 heterocycles. The molecule has 0 rings (SSSR count). The lowest BCUT2D eigenvalue weighted by molar-refractivity contribution is -0.140. The molecule has 0 saturated carbocycles.